The predicted molar refractivity (Wildman–Crippen MR) is 110 cm³/mol. The Morgan fingerprint density at radius 2 is 1.67 bits per heavy atom. The second-order valence-electron chi connectivity index (χ2n) is 6.43. The summed E-state index contributed by atoms with van der Waals surface area (Å²) in [6.07, 6.45) is 6.87. The number of guanidine groups is 1. The van der Waals surface area contributed by atoms with Crippen molar-refractivity contribution >= 4 is 35.8 Å². The summed E-state index contributed by atoms with van der Waals surface area (Å²) in [7, 11) is 0. The second kappa shape index (κ2) is 12.7. The molecule has 2 heterocycles. The van der Waals surface area contributed by atoms with E-state index in [1.54, 1.807) is 0 Å². The summed E-state index contributed by atoms with van der Waals surface area (Å²) in [6, 6.07) is 0. The molecule has 0 radical (unpaired) electrons. The zero-order chi connectivity index (χ0) is 16.3. The maximum absolute atomic E-state index is 12.0. The molecule has 1 amide bonds. The smallest absolute Gasteiger partial charge is 0.224 e. The Kier molecular flexibility index (Phi) is 11.4. The lowest BCUT2D eigenvalue weighted by molar-refractivity contribution is -0.129. The van der Waals surface area contributed by atoms with Crippen LogP contribution in [-0.2, 0) is 4.79 Å². The number of hydrogen-bond acceptors (Lipinski definition) is 3. The molecule has 7 heteroatoms. The number of hydrogen-bond donors (Lipinski definition) is 2. The van der Waals surface area contributed by atoms with E-state index in [0.717, 1.165) is 51.5 Å². The van der Waals surface area contributed by atoms with Gasteiger partial charge < -0.3 is 20.4 Å². The predicted octanol–water partition coefficient (Wildman–Crippen LogP) is 1.66. The average molecular weight is 451 g/mol. The largest absolute Gasteiger partial charge is 0.357 e. The molecule has 2 fully saturated rings. The van der Waals surface area contributed by atoms with E-state index in [0.29, 0.717) is 13.0 Å². The van der Waals surface area contributed by atoms with Crippen LogP contribution >= 0.6 is 24.0 Å². The highest BCUT2D eigenvalue weighted by atomic mass is 127. The van der Waals surface area contributed by atoms with E-state index in [2.05, 4.69) is 27.4 Å². The third-order valence-corrected chi connectivity index (χ3v) is 4.57. The number of nitrogens with zero attached hydrogens (tertiary/aromatic N) is 3. The van der Waals surface area contributed by atoms with Crippen molar-refractivity contribution in [1.29, 1.82) is 0 Å². The molecule has 0 bridgehead atoms. The molecule has 140 valence electrons. The molecular formula is C17H34IN5O. The van der Waals surface area contributed by atoms with Crippen molar-refractivity contribution in [3.63, 3.8) is 0 Å². The number of amides is 1. The first-order valence-corrected chi connectivity index (χ1v) is 9.32. The topological polar surface area (TPSA) is 60.0 Å². The van der Waals surface area contributed by atoms with Crippen LogP contribution in [0.15, 0.2) is 4.99 Å². The van der Waals surface area contributed by atoms with Crippen molar-refractivity contribution in [2.45, 2.75) is 45.4 Å². The van der Waals surface area contributed by atoms with Crippen LogP contribution in [0.3, 0.4) is 0 Å². The molecule has 0 saturated carbocycles. The van der Waals surface area contributed by atoms with Gasteiger partial charge in [0.1, 0.15) is 0 Å². The molecule has 6 nitrogen and oxygen atoms in total. The number of piperidine rings is 1. The van der Waals surface area contributed by atoms with Crippen LogP contribution in [-0.4, -0.2) is 74.0 Å². The third kappa shape index (κ3) is 8.00. The van der Waals surface area contributed by atoms with Crippen molar-refractivity contribution in [2.75, 3.05) is 52.4 Å². The first-order valence-electron chi connectivity index (χ1n) is 9.32. The highest BCUT2D eigenvalue weighted by Crippen LogP contribution is 2.08. The number of rotatable bonds is 7. The second-order valence-corrected chi connectivity index (χ2v) is 6.43. The van der Waals surface area contributed by atoms with Gasteiger partial charge in [-0.3, -0.25) is 9.79 Å². The van der Waals surface area contributed by atoms with Gasteiger partial charge in [-0.15, -0.1) is 24.0 Å². The molecule has 24 heavy (non-hydrogen) atoms. The number of nitrogens with one attached hydrogen (secondary N) is 2. The molecule has 0 aromatic heterocycles. The molecule has 0 aromatic carbocycles. The van der Waals surface area contributed by atoms with Crippen LogP contribution in [0.2, 0.25) is 0 Å². The lowest BCUT2D eigenvalue weighted by Crippen LogP contribution is -2.40. The molecular weight excluding hydrogens is 417 g/mol. The maximum Gasteiger partial charge on any atom is 0.224 e. The number of likely N-dealkylation sites (tertiary alicyclic amines) is 2. The zero-order valence-electron chi connectivity index (χ0n) is 15.1. The molecule has 0 unspecified atom stereocenters. The quantitative estimate of drug-likeness (QED) is 0.351. The molecule has 2 N–H and O–H groups in total. The molecule has 0 spiro atoms. The first kappa shape index (κ1) is 21.5. The van der Waals surface area contributed by atoms with Gasteiger partial charge in [-0.05, 0) is 45.7 Å². The average Bonchev–Trinajstić information content (AvgIpc) is 3.10. The minimum Gasteiger partial charge on any atom is -0.357 e. The molecule has 0 aliphatic carbocycles. The van der Waals surface area contributed by atoms with Gasteiger partial charge in [0.2, 0.25) is 5.91 Å². The van der Waals surface area contributed by atoms with Crippen LogP contribution in [0.5, 0.6) is 0 Å². The third-order valence-electron chi connectivity index (χ3n) is 4.57. The number of aliphatic imine (C=N–C) groups is 1. The van der Waals surface area contributed by atoms with Gasteiger partial charge in [-0.2, -0.15) is 0 Å². The van der Waals surface area contributed by atoms with Crippen LogP contribution in [0, 0.1) is 0 Å². The van der Waals surface area contributed by atoms with E-state index in [1.165, 1.54) is 32.4 Å². The van der Waals surface area contributed by atoms with E-state index in [9.17, 15) is 4.79 Å². The van der Waals surface area contributed by atoms with Crippen molar-refractivity contribution in [3.8, 4) is 0 Å². The van der Waals surface area contributed by atoms with Crippen LogP contribution in [0.4, 0.5) is 0 Å². The van der Waals surface area contributed by atoms with Crippen molar-refractivity contribution < 1.29 is 4.79 Å². The SMILES string of the molecule is CCNC(=NCCN1CCCCC1)NCCC(=O)N1CCCC1.I. The summed E-state index contributed by atoms with van der Waals surface area (Å²) in [5.41, 5.74) is 0. The molecule has 2 aliphatic rings. The van der Waals surface area contributed by atoms with E-state index < -0.39 is 0 Å². The fraction of sp³-hybridized carbons (Fsp3) is 0.882. The Morgan fingerprint density at radius 3 is 2.33 bits per heavy atom. The molecule has 0 aromatic rings. The van der Waals surface area contributed by atoms with E-state index >= 15 is 0 Å². The summed E-state index contributed by atoms with van der Waals surface area (Å²) < 4.78 is 0. The fourth-order valence-corrected chi connectivity index (χ4v) is 3.24. The Balaban J connectivity index is 0.00000288. The Morgan fingerprint density at radius 1 is 1.00 bits per heavy atom. The van der Waals surface area contributed by atoms with Crippen molar-refractivity contribution in [3.05, 3.63) is 0 Å². The van der Waals surface area contributed by atoms with Crippen molar-refractivity contribution in [1.82, 2.24) is 20.4 Å². The Labute approximate surface area is 163 Å². The first-order chi connectivity index (χ1) is 11.3. The summed E-state index contributed by atoms with van der Waals surface area (Å²) in [5, 5.41) is 6.54. The fourth-order valence-electron chi connectivity index (χ4n) is 3.24. The number of halogens is 1. The summed E-state index contributed by atoms with van der Waals surface area (Å²) in [5.74, 6) is 1.10. The highest BCUT2D eigenvalue weighted by molar-refractivity contribution is 14.0. The minimum absolute atomic E-state index is 0. The van der Waals surface area contributed by atoms with E-state index in [-0.39, 0.29) is 29.9 Å². The maximum atomic E-state index is 12.0. The standard InChI is InChI=1S/C17H33N5O.HI/c1-2-18-17(20-10-15-21-11-4-3-5-12-21)19-9-8-16(23)22-13-6-7-14-22;/h2-15H2,1H3,(H2,18,19,20);1H. The normalized spacial score (nSPS) is 19.0. The number of carbonyl (C=O) groups is 1. The molecule has 0 atom stereocenters. The van der Waals surface area contributed by atoms with Gasteiger partial charge in [0.25, 0.3) is 0 Å². The minimum atomic E-state index is 0. The van der Waals surface area contributed by atoms with Gasteiger partial charge in [0, 0.05) is 39.1 Å². The van der Waals surface area contributed by atoms with E-state index in [1.807, 2.05) is 4.90 Å². The van der Waals surface area contributed by atoms with Gasteiger partial charge in [-0.1, -0.05) is 6.42 Å². The van der Waals surface area contributed by atoms with Gasteiger partial charge in [-0.25, -0.2) is 0 Å². The van der Waals surface area contributed by atoms with Gasteiger partial charge >= 0.3 is 0 Å². The Hall–Kier alpha value is -0.570. The van der Waals surface area contributed by atoms with Gasteiger partial charge in [0.15, 0.2) is 5.96 Å². The van der Waals surface area contributed by atoms with Crippen LogP contribution in [0.25, 0.3) is 0 Å². The molecule has 2 aliphatic heterocycles. The molecule has 2 saturated heterocycles. The zero-order valence-corrected chi connectivity index (χ0v) is 17.4. The van der Waals surface area contributed by atoms with E-state index in [4.69, 9.17) is 0 Å². The van der Waals surface area contributed by atoms with Crippen LogP contribution in [0.1, 0.15) is 45.4 Å². The lowest BCUT2D eigenvalue weighted by Gasteiger charge is -2.25. The summed E-state index contributed by atoms with van der Waals surface area (Å²) in [4.78, 5) is 21.1. The van der Waals surface area contributed by atoms with Crippen LogP contribution < -0.4 is 10.6 Å². The summed E-state index contributed by atoms with van der Waals surface area (Å²) >= 11 is 0. The summed E-state index contributed by atoms with van der Waals surface area (Å²) in [6.45, 7) is 9.70. The monoisotopic (exact) mass is 451 g/mol. The van der Waals surface area contributed by atoms with Crippen molar-refractivity contribution in [2.24, 2.45) is 4.99 Å². The van der Waals surface area contributed by atoms with Gasteiger partial charge in [0.05, 0.1) is 6.54 Å². The Bertz CT molecular complexity index is 379. The highest BCUT2D eigenvalue weighted by Gasteiger charge is 2.17. The lowest BCUT2D eigenvalue weighted by atomic mass is 10.1. The number of carbonyl (C=O) groups excluding carboxylic acids is 1. The molecule has 2 rings (SSSR count).